The summed E-state index contributed by atoms with van der Waals surface area (Å²) in [7, 11) is 0. The smallest absolute Gasteiger partial charge is 0.270 e. The Kier molecular flexibility index (Phi) is 8.47. The number of thioether (sulfide) groups is 1. The van der Waals surface area contributed by atoms with Gasteiger partial charge in [-0.3, -0.25) is 19.7 Å². The highest BCUT2D eigenvalue weighted by atomic mass is 32.2. The van der Waals surface area contributed by atoms with Crippen molar-refractivity contribution in [3.63, 3.8) is 0 Å². The summed E-state index contributed by atoms with van der Waals surface area (Å²) >= 11 is 1.55. The van der Waals surface area contributed by atoms with E-state index < -0.39 is 16.9 Å². The third kappa shape index (κ3) is 6.79. The summed E-state index contributed by atoms with van der Waals surface area (Å²) in [6.45, 7) is 2.43. The minimum atomic E-state index is -0.777. The summed E-state index contributed by atoms with van der Waals surface area (Å²) in [5.74, 6) is 0.461. The van der Waals surface area contributed by atoms with E-state index in [0.717, 1.165) is 0 Å². The van der Waals surface area contributed by atoms with Gasteiger partial charge in [0, 0.05) is 23.4 Å². The molecule has 0 aromatic heterocycles. The Bertz CT molecular complexity index is 857. The third-order valence-electron chi connectivity index (χ3n) is 3.98. The van der Waals surface area contributed by atoms with E-state index in [1.807, 2.05) is 13.2 Å². The number of rotatable bonds is 10. The molecule has 8 nitrogen and oxygen atoms in total. The Morgan fingerprint density at radius 3 is 2.55 bits per heavy atom. The van der Waals surface area contributed by atoms with Crippen molar-refractivity contribution >= 4 is 35.0 Å². The molecule has 154 valence electrons. The Hall–Kier alpha value is -3.07. The van der Waals surface area contributed by atoms with Crippen LogP contribution in [0.25, 0.3) is 0 Å². The number of nitro benzene ring substituents is 1. The number of carbonyl (C=O) groups excluding carboxylic acids is 2. The average Bonchev–Trinajstić information content (AvgIpc) is 2.72. The van der Waals surface area contributed by atoms with Crippen LogP contribution in [0.1, 0.15) is 23.7 Å². The molecule has 2 rings (SSSR count). The molecule has 0 heterocycles. The van der Waals surface area contributed by atoms with Crippen molar-refractivity contribution in [2.45, 2.75) is 19.4 Å². The van der Waals surface area contributed by atoms with Crippen LogP contribution >= 0.6 is 11.8 Å². The molecule has 1 atom stereocenters. The van der Waals surface area contributed by atoms with Gasteiger partial charge in [-0.1, -0.05) is 6.07 Å². The lowest BCUT2D eigenvalue weighted by molar-refractivity contribution is -0.384. The zero-order chi connectivity index (χ0) is 21.2. The maximum atomic E-state index is 12.7. The minimum Gasteiger partial charge on any atom is -0.494 e. The normalized spacial score (nSPS) is 11.4. The molecule has 0 aliphatic carbocycles. The van der Waals surface area contributed by atoms with Crippen molar-refractivity contribution in [3.05, 3.63) is 64.2 Å². The molecule has 0 aliphatic heterocycles. The number of hydrogen-bond donors (Lipinski definition) is 2. The molecule has 29 heavy (non-hydrogen) atoms. The second-order valence-electron chi connectivity index (χ2n) is 6.06. The molecule has 0 radical (unpaired) electrons. The van der Waals surface area contributed by atoms with Crippen molar-refractivity contribution in [1.82, 2.24) is 5.32 Å². The first kappa shape index (κ1) is 22.2. The topological polar surface area (TPSA) is 111 Å². The van der Waals surface area contributed by atoms with Gasteiger partial charge < -0.3 is 15.4 Å². The van der Waals surface area contributed by atoms with E-state index >= 15 is 0 Å². The fourth-order valence-corrected chi connectivity index (χ4v) is 3.01. The number of ether oxygens (including phenoxy) is 1. The lowest BCUT2D eigenvalue weighted by Crippen LogP contribution is -2.44. The molecular weight excluding hydrogens is 394 g/mol. The molecule has 0 bridgehead atoms. The SMILES string of the molecule is CCOc1ccc(NC(=O)[C@H](CCSC)NC(=O)c2cccc([N+](=O)[O-])c2)cc1. The Balaban J connectivity index is 2.09. The zero-order valence-corrected chi connectivity index (χ0v) is 17.0. The second kappa shape index (κ2) is 11.1. The summed E-state index contributed by atoms with van der Waals surface area (Å²) in [4.78, 5) is 35.6. The maximum absolute atomic E-state index is 12.7. The number of amides is 2. The van der Waals surface area contributed by atoms with Gasteiger partial charge in [0.1, 0.15) is 11.8 Å². The highest BCUT2D eigenvalue weighted by Gasteiger charge is 2.22. The predicted octanol–water partition coefficient (Wildman–Crippen LogP) is 3.48. The lowest BCUT2D eigenvalue weighted by atomic mass is 10.1. The van der Waals surface area contributed by atoms with Crippen LogP contribution in [-0.2, 0) is 4.79 Å². The summed E-state index contributed by atoms with van der Waals surface area (Å²) in [5, 5.41) is 16.4. The highest BCUT2D eigenvalue weighted by molar-refractivity contribution is 7.98. The van der Waals surface area contributed by atoms with Gasteiger partial charge in [0.25, 0.3) is 11.6 Å². The van der Waals surface area contributed by atoms with Crippen LogP contribution in [0.3, 0.4) is 0 Å². The van der Waals surface area contributed by atoms with Crippen LogP contribution in [0.4, 0.5) is 11.4 Å². The van der Waals surface area contributed by atoms with Crippen molar-refractivity contribution in [3.8, 4) is 5.75 Å². The number of hydrogen-bond acceptors (Lipinski definition) is 6. The van der Waals surface area contributed by atoms with E-state index in [4.69, 9.17) is 4.74 Å². The molecule has 0 aliphatic rings. The van der Waals surface area contributed by atoms with Gasteiger partial charge in [-0.05, 0) is 55.7 Å². The van der Waals surface area contributed by atoms with Crippen LogP contribution in [0.15, 0.2) is 48.5 Å². The van der Waals surface area contributed by atoms with E-state index in [2.05, 4.69) is 10.6 Å². The first-order valence-corrected chi connectivity index (χ1v) is 10.4. The molecule has 2 aromatic carbocycles. The van der Waals surface area contributed by atoms with E-state index in [0.29, 0.717) is 30.2 Å². The number of carbonyl (C=O) groups is 2. The molecule has 0 fully saturated rings. The Labute approximate surface area is 173 Å². The molecule has 2 N–H and O–H groups in total. The lowest BCUT2D eigenvalue weighted by Gasteiger charge is -2.18. The van der Waals surface area contributed by atoms with Gasteiger partial charge >= 0.3 is 0 Å². The third-order valence-corrected chi connectivity index (χ3v) is 4.63. The predicted molar refractivity (Wildman–Crippen MR) is 114 cm³/mol. The van der Waals surface area contributed by atoms with Gasteiger partial charge in [-0.2, -0.15) is 11.8 Å². The van der Waals surface area contributed by atoms with Crippen LogP contribution in [0, 0.1) is 10.1 Å². The molecule has 0 spiro atoms. The Morgan fingerprint density at radius 2 is 1.93 bits per heavy atom. The number of non-ortho nitro benzene ring substituents is 1. The summed E-state index contributed by atoms with van der Waals surface area (Å²) in [6.07, 6.45) is 2.33. The van der Waals surface area contributed by atoms with Crippen LogP contribution < -0.4 is 15.4 Å². The fraction of sp³-hybridized carbons (Fsp3) is 0.300. The monoisotopic (exact) mass is 417 g/mol. The molecule has 0 saturated heterocycles. The summed E-state index contributed by atoms with van der Waals surface area (Å²) < 4.78 is 5.37. The van der Waals surface area contributed by atoms with E-state index in [1.165, 1.54) is 24.3 Å². The van der Waals surface area contributed by atoms with Crippen LogP contribution in [0.5, 0.6) is 5.75 Å². The second-order valence-corrected chi connectivity index (χ2v) is 7.05. The first-order chi connectivity index (χ1) is 13.9. The number of anilines is 1. The highest BCUT2D eigenvalue weighted by Crippen LogP contribution is 2.17. The minimum absolute atomic E-state index is 0.127. The van der Waals surface area contributed by atoms with Gasteiger partial charge in [0.15, 0.2) is 0 Å². The number of nitrogens with zero attached hydrogens (tertiary/aromatic N) is 1. The van der Waals surface area contributed by atoms with Gasteiger partial charge in [-0.15, -0.1) is 0 Å². The van der Waals surface area contributed by atoms with Crippen LogP contribution in [0.2, 0.25) is 0 Å². The number of nitro groups is 1. The average molecular weight is 417 g/mol. The summed E-state index contributed by atoms with van der Waals surface area (Å²) in [6, 6.07) is 11.6. The van der Waals surface area contributed by atoms with Crippen molar-refractivity contribution in [2.75, 3.05) is 23.9 Å². The first-order valence-electron chi connectivity index (χ1n) is 9.02. The van der Waals surface area contributed by atoms with Gasteiger partial charge in [0.05, 0.1) is 11.5 Å². The molecule has 0 unspecified atom stereocenters. The fourth-order valence-electron chi connectivity index (χ4n) is 2.54. The number of benzene rings is 2. The zero-order valence-electron chi connectivity index (χ0n) is 16.2. The molecule has 2 amide bonds. The summed E-state index contributed by atoms with van der Waals surface area (Å²) in [5.41, 5.74) is 0.525. The van der Waals surface area contributed by atoms with Gasteiger partial charge in [0.2, 0.25) is 5.91 Å². The molecular formula is C20H23N3O5S. The quantitative estimate of drug-likeness (QED) is 0.452. The van der Waals surface area contributed by atoms with Crippen LogP contribution in [-0.4, -0.2) is 41.4 Å². The largest absolute Gasteiger partial charge is 0.494 e. The van der Waals surface area contributed by atoms with E-state index in [-0.39, 0.29) is 17.2 Å². The van der Waals surface area contributed by atoms with Crippen molar-refractivity contribution < 1.29 is 19.2 Å². The van der Waals surface area contributed by atoms with Gasteiger partial charge in [-0.25, -0.2) is 0 Å². The van der Waals surface area contributed by atoms with Crippen molar-refractivity contribution in [1.29, 1.82) is 0 Å². The molecule has 9 heteroatoms. The number of nitrogens with one attached hydrogen (secondary N) is 2. The van der Waals surface area contributed by atoms with Crippen molar-refractivity contribution in [2.24, 2.45) is 0 Å². The Morgan fingerprint density at radius 1 is 1.21 bits per heavy atom. The standard InChI is InChI=1S/C20H23N3O5S/c1-3-28-17-9-7-15(8-10-17)21-20(25)18(11-12-29-2)22-19(24)14-5-4-6-16(13-14)23(26)27/h4-10,13,18H,3,11-12H2,1-2H3,(H,21,25)(H,22,24)/t18-/m0/s1. The van der Waals surface area contributed by atoms with E-state index in [1.54, 1.807) is 36.0 Å². The molecule has 0 saturated carbocycles. The maximum Gasteiger partial charge on any atom is 0.270 e. The molecule has 2 aromatic rings. The van der Waals surface area contributed by atoms with E-state index in [9.17, 15) is 19.7 Å².